The number of ether oxygens (including phenoxy) is 2. The van der Waals surface area contributed by atoms with Crippen molar-refractivity contribution >= 4 is 31.3 Å². The van der Waals surface area contributed by atoms with E-state index >= 15 is 0 Å². The van der Waals surface area contributed by atoms with Crippen LogP contribution in [-0.2, 0) is 42.3 Å². The molecule has 0 aliphatic carbocycles. The fraction of sp³-hybridized carbons (Fsp3) is 0.938. The van der Waals surface area contributed by atoms with Crippen molar-refractivity contribution in [3.05, 3.63) is 0 Å². The van der Waals surface area contributed by atoms with Crippen LogP contribution in [0.3, 0.4) is 0 Å². The molecule has 1 unspecified atom stereocenters. The maximum Gasteiger partial charge on any atom is 0.473 e. The fourth-order valence-corrected chi connectivity index (χ4v) is 11.4. The molecule has 0 saturated carbocycles. The van der Waals surface area contributed by atoms with Gasteiger partial charge in [-0.05, 0) is 25.7 Å². The Morgan fingerprint density at radius 2 is 0.658 bits per heavy atom. The van der Waals surface area contributed by atoms with Crippen molar-refractivity contribution < 1.29 is 51.6 Å². The second kappa shape index (κ2) is 51.5. The first-order valence-electron chi connectivity index (χ1n) is 32.6. The van der Waals surface area contributed by atoms with Gasteiger partial charge >= 0.3 is 19.8 Å². The molecule has 0 amide bonds. The van der Waals surface area contributed by atoms with E-state index in [0.717, 1.165) is 89.9 Å². The second-order valence-corrected chi connectivity index (χ2v) is 25.3. The van der Waals surface area contributed by atoms with Crippen molar-refractivity contribution in [3.63, 3.8) is 0 Å². The Labute approximate surface area is 469 Å². The van der Waals surface area contributed by atoms with E-state index < -0.39 is 49.6 Å². The van der Waals surface area contributed by atoms with Gasteiger partial charge in [0, 0.05) is 25.7 Å². The summed E-state index contributed by atoms with van der Waals surface area (Å²) in [6.45, 7) is 7.79. The molecule has 2 atom stereocenters. The average molecular weight is 1100 g/mol. The smallest absolute Gasteiger partial charge is 0.462 e. The first kappa shape index (κ1) is 74.3. The molecule has 0 fully saturated rings. The number of Topliss-reactive ketones (excluding diaryl/α,β-unsaturated/α-hetero) is 2. The fourth-order valence-electron chi connectivity index (χ4n) is 10.3. The Morgan fingerprint density at radius 3 is 0.947 bits per heavy atom. The molecule has 11 nitrogen and oxygen atoms in total. The topological polar surface area (TPSA) is 142 Å². The van der Waals surface area contributed by atoms with E-state index in [0.29, 0.717) is 25.7 Å². The number of nitrogens with zero attached hydrogens (tertiary/aromatic N) is 1. The summed E-state index contributed by atoms with van der Waals surface area (Å²) in [7, 11) is 0.346. The number of phosphoric ester groups is 1. The zero-order valence-corrected chi connectivity index (χ0v) is 52.1. The molecule has 0 rings (SSSR count). The zero-order valence-electron chi connectivity index (χ0n) is 51.2. The normalized spacial score (nSPS) is 13.2. The Hall–Kier alpha value is -1.65. The summed E-state index contributed by atoms with van der Waals surface area (Å²) < 4.78 is 37.4. The molecule has 0 aromatic carbocycles. The number of quaternary nitrogens is 1. The minimum absolute atomic E-state index is 0.0371. The highest BCUT2D eigenvalue weighted by atomic mass is 31.2. The summed E-state index contributed by atoms with van der Waals surface area (Å²) in [4.78, 5) is 67.0. The van der Waals surface area contributed by atoms with Crippen LogP contribution in [0.25, 0.3) is 0 Å². The lowest BCUT2D eigenvalue weighted by Gasteiger charge is -2.37. The van der Waals surface area contributed by atoms with Gasteiger partial charge in [-0.2, -0.15) is 0 Å². The molecule has 0 spiro atoms. The molecule has 0 radical (unpaired) electrons. The third-order valence-electron chi connectivity index (χ3n) is 15.0. The molecule has 0 heterocycles. The molecular weight excluding hydrogens is 974 g/mol. The number of unbranched alkanes of at least 4 members (excludes halogenated alkanes) is 40. The van der Waals surface area contributed by atoms with Crippen LogP contribution in [0.2, 0.25) is 0 Å². The van der Waals surface area contributed by atoms with Gasteiger partial charge in [-0.1, -0.05) is 285 Å². The largest absolute Gasteiger partial charge is 0.473 e. The van der Waals surface area contributed by atoms with Crippen molar-refractivity contribution in [2.75, 3.05) is 40.9 Å². The maximum absolute atomic E-state index is 14.6. The number of rotatable bonds is 60. The summed E-state index contributed by atoms with van der Waals surface area (Å²) in [6.07, 6.45) is 48.8. The molecule has 0 aromatic heterocycles. The molecule has 0 aliphatic heterocycles. The molecule has 12 heteroatoms. The number of phosphoric acid groups is 1. The van der Waals surface area contributed by atoms with Crippen molar-refractivity contribution in [2.24, 2.45) is 0 Å². The van der Waals surface area contributed by atoms with Crippen LogP contribution >= 0.6 is 7.82 Å². The Balaban J connectivity index is 5.96. The van der Waals surface area contributed by atoms with E-state index in [-0.39, 0.29) is 43.3 Å². The van der Waals surface area contributed by atoms with Gasteiger partial charge in [0.2, 0.25) is 5.60 Å². The molecule has 450 valence electrons. The number of carbonyl (C=O) groups is 4. The van der Waals surface area contributed by atoms with E-state index in [2.05, 4.69) is 27.7 Å². The van der Waals surface area contributed by atoms with Gasteiger partial charge in [0.05, 0.1) is 27.7 Å². The number of carbonyl (C=O) groups excluding carboxylic acids is 4. The average Bonchev–Trinajstić information content (AvgIpc) is 3.38. The van der Waals surface area contributed by atoms with Crippen LogP contribution in [0, 0.1) is 0 Å². The minimum Gasteiger partial charge on any atom is -0.462 e. The number of hydrogen-bond acceptors (Lipinski definition) is 9. The predicted molar refractivity (Wildman–Crippen MR) is 318 cm³/mol. The quantitative estimate of drug-likeness (QED) is 0.0206. The Kier molecular flexibility index (Phi) is 50.4. The molecule has 0 aliphatic rings. The van der Waals surface area contributed by atoms with Crippen LogP contribution in [0.5, 0.6) is 0 Å². The number of hydrogen-bond donors (Lipinski definition) is 1. The maximum atomic E-state index is 14.6. The summed E-state index contributed by atoms with van der Waals surface area (Å²) >= 11 is 0. The number of ketones is 2. The lowest BCUT2D eigenvalue weighted by atomic mass is 9.86. The first-order chi connectivity index (χ1) is 36.7. The highest BCUT2D eigenvalue weighted by Gasteiger charge is 2.54. The van der Waals surface area contributed by atoms with Gasteiger partial charge in [-0.15, -0.1) is 0 Å². The molecule has 0 aromatic rings. The minimum atomic E-state index is -5.16. The van der Waals surface area contributed by atoms with E-state index in [9.17, 15) is 28.6 Å². The van der Waals surface area contributed by atoms with Crippen LogP contribution in [0.15, 0.2) is 0 Å². The van der Waals surface area contributed by atoms with Gasteiger partial charge in [0.1, 0.15) is 13.2 Å². The van der Waals surface area contributed by atoms with Gasteiger partial charge < -0.3 is 18.9 Å². The SMILES string of the molecule is CCCCCCCCCCCCCC(=O)OC[C@H](COP(=O)(O)OC(C[N+](C)(C)C)(C(=O)CCCCCCCCCCCCC)C(=O)CCCCCCCCCCCCC)OC(=O)CCCCCCCCCCCCC. The predicted octanol–water partition coefficient (Wildman–Crippen LogP) is 19.0. The zero-order chi connectivity index (χ0) is 56.3. The van der Waals surface area contributed by atoms with Crippen molar-refractivity contribution in [3.8, 4) is 0 Å². The summed E-state index contributed by atoms with van der Waals surface area (Å²) in [5.41, 5.74) is -2.22. The lowest BCUT2D eigenvalue weighted by molar-refractivity contribution is -0.874. The van der Waals surface area contributed by atoms with Gasteiger partial charge in [-0.25, -0.2) is 4.57 Å². The lowest BCUT2D eigenvalue weighted by Crippen LogP contribution is -2.59. The molecule has 1 N–H and O–H groups in total. The number of esters is 2. The third kappa shape index (κ3) is 46.1. The number of likely N-dealkylation sites (N-methyl/N-ethyl adjacent to an activating group) is 1. The van der Waals surface area contributed by atoms with Crippen molar-refractivity contribution in [2.45, 2.75) is 348 Å². The summed E-state index contributed by atoms with van der Waals surface area (Å²) in [6, 6.07) is 0. The van der Waals surface area contributed by atoms with Crippen molar-refractivity contribution in [1.29, 1.82) is 0 Å². The van der Waals surface area contributed by atoms with Crippen LogP contribution < -0.4 is 0 Å². The first-order valence-corrected chi connectivity index (χ1v) is 34.1. The monoisotopic (exact) mass is 1100 g/mol. The van der Waals surface area contributed by atoms with Crippen LogP contribution in [0.1, 0.15) is 336 Å². The summed E-state index contributed by atoms with van der Waals surface area (Å²) in [5.74, 6) is -1.96. The van der Waals surface area contributed by atoms with Gasteiger partial charge in [-0.3, -0.25) is 28.2 Å². The molecule has 0 bridgehead atoms. The van der Waals surface area contributed by atoms with Crippen LogP contribution in [-0.4, -0.2) is 85.5 Å². The van der Waals surface area contributed by atoms with E-state index in [1.807, 2.05) is 21.1 Å². The Bertz CT molecular complexity index is 1380. The van der Waals surface area contributed by atoms with Crippen molar-refractivity contribution in [1.82, 2.24) is 0 Å². The summed E-state index contributed by atoms with van der Waals surface area (Å²) in [5, 5.41) is 0. The molecule has 0 saturated heterocycles. The van der Waals surface area contributed by atoms with Gasteiger partial charge in [0.25, 0.3) is 0 Å². The van der Waals surface area contributed by atoms with E-state index in [1.165, 1.54) is 167 Å². The highest BCUT2D eigenvalue weighted by Crippen LogP contribution is 2.49. The Morgan fingerprint density at radius 1 is 0.395 bits per heavy atom. The standard InChI is InChI=1S/C64H124NO10P/c1-8-12-16-20-24-28-32-36-40-44-48-52-60(66)64(58-65(5,6)7,61(67)53-49-45-41-37-33-29-25-21-17-13-9-2)75-76(70,71)73-57-59(74-63(69)55-51-47-43-39-35-31-27-23-19-15-11-4)56-72-62(68)54-50-46-42-38-34-30-26-22-18-14-10-3/h59H,8-58H2,1-7H3/p+1/t59-/m1/s1. The molecule has 76 heavy (non-hydrogen) atoms. The second-order valence-electron chi connectivity index (χ2n) is 23.9. The molecular formula is C64H125NO10P+. The van der Waals surface area contributed by atoms with Gasteiger partial charge in [0.15, 0.2) is 17.7 Å². The highest BCUT2D eigenvalue weighted by molar-refractivity contribution is 7.47. The van der Waals surface area contributed by atoms with Crippen LogP contribution in [0.4, 0.5) is 0 Å². The third-order valence-corrected chi connectivity index (χ3v) is 16.0. The van der Waals surface area contributed by atoms with E-state index in [4.69, 9.17) is 18.5 Å². The van der Waals surface area contributed by atoms with E-state index in [1.54, 1.807) is 0 Å².